The Bertz CT molecular complexity index is 1200. The molecule has 1 atom stereocenters. The highest BCUT2D eigenvalue weighted by Crippen LogP contribution is 2.29. The van der Waals surface area contributed by atoms with Gasteiger partial charge in [-0.2, -0.15) is 0 Å². The summed E-state index contributed by atoms with van der Waals surface area (Å²) >= 11 is -2.46. The number of hydrogen-bond donors (Lipinski definition) is 1. The fourth-order valence-corrected chi connectivity index (χ4v) is 4.90. The molecule has 1 aliphatic heterocycles. The lowest BCUT2D eigenvalue weighted by molar-refractivity contribution is 0.0975. The number of ether oxygens (including phenoxy) is 1. The van der Waals surface area contributed by atoms with Gasteiger partial charge in [0.25, 0.3) is 5.91 Å². The first-order valence-electron chi connectivity index (χ1n) is 11.2. The number of carbonyl (C=O) groups excluding carboxylic acids is 2. The minimum Gasteiger partial charge on any atom is -0.755 e. The quantitative estimate of drug-likeness (QED) is 0.530. The van der Waals surface area contributed by atoms with Crippen LogP contribution < -0.4 is 9.62 Å². The van der Waals surface area contributed by atoms with Gasteiger partial charge in [-0.3, -0.25) is 13.3 Å². The minimum atomic E-state index is -2.46. The first-order chi connectivity index (χ1) is 16.5. The number of nitrogens with zero attached hydrogens (tertiary/aromatic N) is 2. The van der Waals surface area contributed by atoms with Crippen molar-refractivity contribution in [2.75, 3.05) is 29.3 Å². The molecule has 0 bridgehead atoms. The molecule has 0 aromatic heterocycles. The number of rotatable bonds is 6. The first kappa shape index (κ1) is 23.7. The molecule has 0 aliphatic carbocycles. The Morgan fingerprint density at radius 1 is 1.06 bits per heavy atom. The van der Waals surface area contributed by atoms with Crippen LogP contribution >= 0.6 is 0 Å². The molecule has 0 saturated carbocycles. The SMILES string of the molecule is CCOC(=O)N1CCC(N(c2ccc3cc(NC(=O)c4ccccc4)ccc3c2)S(=O)[O-])CC1. The van der Waals surface area contributed by atoms with E-state index in [9.17, 15) is 18.4 Å². The molecule has 1 N–H and O–H groups in total. The number of benzene rings is 3. The molecule has 34 heavy (non-hydrogen) atoms. The van der Waals surface area contributed by atoms with E-state index in [-0.39, 0.29) is 18.0 Å². The van der Waals surface area contributed by atoms with Crippen LogP contribution in [0.15, 0.2) is 66.7 Å². The summed E-state index contributed by atoms with van der Waals surface area (Å²) in [5.41, 5.74) is 1.79. The Morgan fingerprint density at radius 3 is 2.41 bits per heavy atom. The molecule has 3 aromatic carbocycles. The Kier molecular flexibility index (Phi) is 7.44. The third kappa shape index (κ3) is 5.37. The summed E-state index contributed by atoms with van der Waals surface area (Å²) in [4.78, 5) is 26.0. The number of likely N-dealkylation sites (tertiary alicyclic amines) is 1. The predicted molar refractivity (Wildman–Crippen MR) is 131 cm³/mol. The second kappa shape index (κ2) is 10.7. The van der Waals surface area contributed by atoms with Gasteiger partial charge >= 0.3 is 6.09 Å². The van der Waals surface area contributed by atoms with Gasteiger partial charge in [0.15, 0.2) is 0 Å². The van der Waals surface area contributed by atoms with Gasteiger partial charge in [0.05, 0.1) is 6.61 Å². The molecule has 0 spiro atoms. The van der Waals surface area contributed by atoms with Gasteiger partial charge in [-0.1, -0.05) is 30.3 Å². The average Bonchev–Trinajstić information content (AvgIpc) is 2.85. The van der Waals surface area contributed by atoms with Crippen LogP contribution in [-0.4, -0.2) is 51.4 Å². The maximum atomic E-state index is 12.4. The van der Waals surface area contributed by atoms with Crippen molar-refractivity contribution < 1.29 is 23.1 Å². The fraction of sp³-hybridized carbons (Fsp3) is 0.280. The lowest BCUT2D eigenvalue weighted by atomic mass is 10.0. The summed E-state index contributed by atoms with van der Waals surface area (Å²) < 4.78 is 30.7. The lowest BCUT2D eigenvalue weighted by Crippen LogP contribution is -2.47. The molecule has 4 rings (SSSR count). The fourth-order valence-electron chi connectivity index (χ4n) is 4.16. The van der Waals surface area contributed by atoms with Crippen molar-refractivity contribution in [3.05, 3.63) is 72.3 Å². The molecule has 1 unspecified atom stereocenters. The van der Waals surface area contributed by atoms with E-state index in [0.717, 1.165) is 10.8 Å². The number of fused-ring (bicyclic) bond motifs is 1. The van der Waals surface area contributed by atoms with Crippen LogP contribution in [0.4, 0.5) is 16.2 Å². The summed E-state index contributed by atoms with van der Waals surface area (Å²) in [6.07, 6.45) is 0.682. The molecule has 1 fully saturated rings. The zero-order valence-electron chi connectivity index (χ0n) is 18.8. The van der Waals surface area contributed by atoms with Crippen LogP contribution in [0, 0.1) is 0 Å². The third-order valence-electron chi connectivity index (χ3n) is 5.85. The van der Waals surface area contributed by atoms with Crippen LogP contribution in [0.3, 0.4) is 0 Å². The van der Waals surface area contributed by atoms with Crippen molar-refractivity contribution in [1.29, 1.82) is 0 Å². The van der Waals surface area contributed by atoms with Crippen LogP contribution in [0.25, 0.3) is 10.8 Å². The van der Waals surface area contributed by atoms with Gasteiger partial charge < -0.3 is 19.5 Å². The van der Waals surface area contributed by atoms with Gasteiger partial charge in [0.1, 0.15) is 0 Å². The molecule has 8 nitrogen and oxygen atoms in total. The van der Waals surface area contributed by atoms with Crippen molar-refractivity contribution in [2.45, 2.75) is 25.8 Å². The van der Waals surface area contributed by atoms with Crippen molar-refractivity contribution in [3.8, 4) is 0 Å². The first-order valence-corrected chi connectivity index (χ1v) is 12.2. The van der Waals surface area contributed by atoms with Gasteiger partial charge in [0, 0.05) is 47.3 Å². The standard InChI is InChI=1S/C25H27N3O5S/c1-2-33-25(30)27-14-12-22(13-15-27)28(34(31)32)23-11-9-19-16-21(10-8-20(19)17-23)26-24(29)18-6-4-3-5-7-18/h3-11,16-17,22H,2,12-15H2,1H3,(H,26,29)(H,31,32)/p-1. The van der Waals surface area contributed by atoms with Crippen molar-refractivity contribution >= 4 is 45.4 Å². The van der Waals surface area contributed by atoms with E-state index in [2.05, 4.69) is 5.32 Å². The Morgan fingerprint density at radius 2 is 1.74 bits per heavy atom. The number of carbonyl (C=O) groups is 2. The highest BCUT2D eigenvalue weighted by atomic mass is 32.2. The lowest BCUT2D eigenvalue weighted by Gasteiger charge is -2.39. The molecule has 1 heterocycles. The van der Waals surface area contributed by atoms with Crippen LogP contribution in [0.2, 0.25) is 0 Å². The molecule has 2 amide bonds. The van der Waals surface area contributed by atoms with Crippen LogP contribution in [-0.2, 0) is 16.0 Å². The Labute approximate surface area is 200 Å². The molecule has 1 saturated heterocycles. The number of piperidine rings is 1. The molecule has 0 radical (unpaired) electrons. The van der Waals surface area contributed by atoms with E-state index < -0.39 is 11.3 Å². The smallest absolute Gasteiger partial charge is 0.409 e. The van der Waals surface area contributed by atoms with Crippen LogP contribution in [0.5, 0.6) is 0 Å². The number of hydrogen-bond acceptors (Lipinski definition) is 5. The molecule has 178 valence electrons. The average molecular weight is 481 g/mol. The van der Waals surface area contributed by atoms with Crippen LogP contribution in [0.1, 0.15) is 30.1 Å². The number of amides is 2. The van der Waals surface area contributed by atoms with Gasteiger partial charge in [-0.05, 0) is 66.9 Å². The number of nitrogens with one attached hydrogen (secondary N) is 1. The largest absolute Gasteiger partial charge is 0.755 e. The molecule has 3 aromatic rings. The van der Waals surface area contributed by atoms with E-state index in [1.807, 2.05) is 42.5 Å². The Balaban J connectivity index is 1.49. The zero-order chi connectivity index (χ0) is 24.1. The molecular weight excluding hydrogens is 454 g/mol. The van der Waals surface area contributed by atoms with Gasteiger partial charge in [0.2, 0.25) is 0 Å². The second-order valence-corrected chi connectivity index (χ2v) is 8.85. The van der Waals surface area contributed by atoms with Crippen molar-refractivity contribution in [3.63, 3.8) is 0 Å². The summed E-state index contributed by atoms with van der Waals surface area (Å²) in [7, 11) is 0. The summed E-state index contributed by atoms with van der Waals surface area (Å²) in [6.45, 7) is 2.95. The maximum absolute atomic E-state index is 12.4. The Hall–Kier alpha value is -3.43. The molecular formula is C25H26N3O5S-. The summed E-state index contributed by atoms with van der Waals surface area (Å²) in [5.74, 6) is -0.196. The van der Waals surface area contributed by atoms with E-state index in [4.69, 9.17) is 4.74 Å². The van der Waals surface area contributed by atoms with E-state index in [1.165, 1.54) is 4.31 Å². The summed E-state index contributed by atoms with van der Waals surface area (Å²) in [5, 5.41) is 4.62. The second-order valence-electron chi connectivity index (χ2n) is 8.03. The van der Waals surface area contributed by atoms with Gasteiger partial charge in [-0.15, -0.1) is 0 Å². The van der Waals surface area contributed by atoms with E-state index in [0.29, 0.717) is 49.5 Å². The van der Waals surface area contributed by atoms with E-state index >= 15 is 0 Å². The summed E-state index contributed by atoms with van der Waals surface area (Å²) in [6, 6.07) is 19.7. The maximum Gasteiger partial charge on any atom is 0.409 e. The van der Waals surface area contributed by atoms with Crippen molar-refractivity contribution in [2.24, 2.45) is 0 Å². The molecule has 1 aliphatic rings. The highest BCUT2D eigenvalue weighted by molar-refractivity contribution is 7.80. The van der Waals surface area contributed by atoms with E-state index in [1.54, 1.807) is 36.1 Å². The minimum absolute atomic E-state index is 0.196. The normalized spacial score (nSPS) is 15.1. The third-order valence-corrected chi connectivity index (χ3v) is 6.69. The number of anilines is 2. The van der Waals surface area contributed by atoms with Crippen molar-refractivity contribution in [1.82, 2.24) is 4.90 Å². The monoisotopic (exact) mass is 480 g/mol. The predicted octanol–water partition coefficient (Wildman–Crippen LogP) is 4.31. The highest BCUT2D eigenvalue weighted by Gasteiger charge is 2.28. The van der Waals surface area contributed by atoms with Gasteiger partial charge in [-0.25, -0.2) is 4.79 Å². The zero-order valence-corrected chi connectivity index (χ0v) is 19.6. The molecule has 9 heteroatoms. The topological polar surface area (TPSA) is 102 Å².